The minimum atomic E-state index is 0.594. The van der Waals surface area contributed by atoms with Crippen LogP contribution in [-0.4, -0.2) is 34.9 Å². The minimum Gasteiger partial charge on any atom is -0.322 e. The van der Waals surface area contributed by atoms with Crippen molar-refractivity contribution in [3.63, 3.8) is 0 Å². The van der Waals surface area contributed by atoms with Crippen molar-refractivity contribution in [3.05, 3.63) is 54.2 Å². The van der Waals surface area contributed by atoms with Gasteiger partial charge in [0.05, 0.1) is 18.9 Å². The molecule has 0 fully saturated rings. The number of nitrogens with one attached hydrogen (secondary N) is 2. The van der Waals surface area contributed by atoms with E-state index in [-0.39, 0.29) is 0 Å². The molecule has 0 aliphatic carbocycles. The van der Waals surface area contributed by atoms with Gasteiger partial charge in [0.1, 0.15) is 5.52 Å². The normalized spacial score (nSPS) is 11.0. The monoisotopic (exact) mass is 306 g/mol. The molecule has 4 aromatic heterocycles. The van der Waals surface area contributed by atoms with Gasteiger partial charge in [0.15, 0.2) is 17.3 Å². The Labute approximate surface area is 131 Å². The second-order valence-electron chi connectivity index (χ2n) is 5.19. The number of fused-ring (bicyclic) bond motifs is 1. The Bertz CT molecular complexity index is 940. The van der Waals surface area contributed by atoms with Crippen LogP contribution in [0.1, 0.15) is 11.3 Å². The highest BCUT2D eigenvalue weighted by molar-refractivity contribution is 5.72. The van der Waals surface area contributed by atoms with Gasteiger partial charge in [-0.05, 0) is 18.6 Å². The molecular weight excluding hydrogens is 292 g/mol. The topological polar surface area (TPSA) is 97.2 Å². The summed E-state index contributed by atoms with van der Waals surface area (Å²) in [7, 11) is 0. The van der Waals surface area contributed by atoms with Crippen LogP contribution in [0.3, 0.4) is 0 Å². The molecule has 23 heavy (non-hydrogen) atoms. The Morgan fingerprint density at radius 2 is 2.17 bits per heavy atom. The molecule has 4 rings (SSSR count). The Morgan fingerprint density at radius 3 is 2.96 bits per heavy atom. The molecule has 0 aliphatic heterocycles. The van der Waals surface area contributed by atoms with Gasteiger partial charge < -0.3 is 5.32 Å². The third-order valence-electron chi connectivity index (χ3n) is 3.36. The molecule has 0 saturated heterocycles. The zero-order valence-electron chi connectivity index (χ0n) is 12.4. The van der Waals surface area contributed by atoms with Gasteiger partial charge in [0.25, 0.3) is 0 Å². The standard InChI is InChI=1S/C15H14N8/c1-10-5-13(22-21-10)19-14-8-17-12-7-18-23(15(12)20-14)9-11-3-2-4-16-6-11/h2-8H,9H2,1H3,(H2,19,20,21,22). The quantitative estimate of drug-likeness (QED) is 0.599. The molecule has 0 unspecified atom stereocenters. The summed E-state index contributed by atoms with van der Waals surface area (Å²) in [6, 6.07) is 5.81. The molecule has 0 bridgehead atoms. The van der Waals surface area contributed by atoms with Crippen molar-refractivity contribution < 1.29 is 0 Å². The molecule has 4 heterocycles. The molecule has 0 atom stereocenters. The first kappa shape index (κ1) is 13.4. The van der Waals surface area contributed by atoms with Crippen molar-refractivity contribution in [2.45, 2.75) is 13.5 Å². The molecule has 0 spiro atoms. The fraction of sp³-hybridized carbons (Fsp3) is 0.133. The summed E-state index contributed by atoms with van der Waals surface area (Å²) in [5.74, 6) is 1.33. The van der Waals surface area contributed by atoms with Crippen LogP contribution in [0.5, 0.6) is 0 Å². The summed E-state index contributed by atoms with van der Waals surface area (Å²) in [5.41, 5.74) is 3.49. The smallest absolute Gasteiger partial charge is 0.179 e. The highest BCUT2D eigenvalue weighted by Crippen LogP contribution is 2.16. The van der Waals surface area contributed by atoms with E-state index >= 15 is 0 Å². The van der Waals surface area contributed by atoms with Gasteiger partial charge in [-0.25, -0.2) is 14.6 Å². The minimum absolute atomic E-state index is 0.594. The van der Waals surface area contributed by atoms with E-state index in [1.54, 1.807) is 23.3 Å². The molecule has 0 saturated carbocycles. The van der Waals surface area contributed by atoms with E-state index in [0.29, 0.717) is 23.8 Å². The van der Waals surface area contributed by atoms with E-state index in [1.165, 1.54) is 0 Å². The lowest BCUT2D eigenvalue weighted by Crippen LogP contribution is -2.04. The van der Waals surface area contributed by atoms with Gasteiger partial charge in [-0.3, -0.25) is 10.1 Å². The molecule has 8 heteroatoms. The number of aromatic amines is 1. The van der Waals surface area contributed by atoms with Gasteiger partial charge >= 0.3 is 0 Å². The third-order valence-corrected chi connectivity index (χ3v) is 3.36. The zero-order valence-corrected chi connectivity index (χ0v) is 12.4. The number of aryl methyl sites for hydroxylation is 1. The van der Waals surface area contributed by atoms with Crippen molar-refractivity contribution in [2.75, 3.05) is 5.32 Å². The van der Waals surface area contributed by atoms with Gasteiger partial charge in [-0.1, -0.05) is 6.07 Å². The number of anilines is 2. The maximum Gasteiger partial charge on any atom is 0.179 e. The van der Waals surface area contributed by atoms with Gasteiger partial charge in [0.2, 0.25) is 0 Å². The lowest BCUT2D eigenvalue weighted by Gasteiger charge is -2.04. The molecular formula is C15H14N8. The summed E-state index contributed by atoms with van der Waals surface area (Å²) in [4.78, 5) is 13.1. The van der Waals surface area contributed by atoms with Gasteiger partial charge in [-0.15, -0.1) is 0 Å². The van der Waals surface area contributed by atoms with E-state index in [1.807, 2.05) is 31.3 Å². The Hall–Kier alpha value is -3.29. The van der Waals surface area contributed by atoms with Crippen molar-refractivity contribution in [1.82, 2.24) is 34.9 Å². The molecule has 0 amide bonds. The van der Waals surface area contributed by atoms with Gasteiger partial charge in [-0.2, -0.15) is 10.2 Å². The van der Waals surface area contributed by atoms with Crippen molar-refractivity contribution in [3.8, 4) is 0 Å². The Kier molecular flexibility index (Phi) is 3.19. The fourth-order valence-electron chi connectivity index (χ4n) is 2.30. The molecule has 0 radical (unpaired) electrons. The summed E-state index contributed by atoms with van der Waals surface area (Å²) in [6.45, 7) is 2.53. The highest BCUT2D eigenvalue weighted by Gasteiger charge is 2.08. The van der Waals surface area contributed by atoms with Crippen LogP contribution >= 0.6 is 0 Å². The summed E-state index contributed by atoms with van der Waals surface area (Å²) < 4.78 is 1.81. The van der Waals surface area contributed by atoms with Gasteiger partial charge in [0, 0.05) is 24.2 Å². The summed E-state index contributed by atoms with van der Waals surface area (Å²) in [5, 5.41) is 14.5. The number of hydrogen-bond donors (Lipinski definition) is 2. The second-order valence-corrected chi connectivity index (χ2v) is 5.19. The van der Waals surface area contributed by atoms with Crippen LogP contribution < -0.4 is 5.32 Å². The predicted molar refractivity (Wildman–Crippen MR) is 85.3 cm³/mol. The number of pyridine rings is 1. The van der Waals surface area contributed by atoms with Crippen molar-refractivity contribution in [2.24, 2.45) is 0 Å². The van der Waals surface area contributed by atoms with E-state index in [0.717, 1.165) is 16.8 Å². The Balaban J connectivity index is 1.65. The second kappa shape index (κ2) is 5.48. The molecule has 4 aromatic rings. The van der Waals surface area contributed by atoms with E-state index in [9.17, 15) is 0 Å². The number of hydrogen-bond acceptors (Lipinski definition) is 6. The van der Waals surface area contributed by atoms with Crippen molar-refractivity contribution >= 4 is 22.8 Å². The fourth-order valence-corrected chi connectivity index (χ4v) is 2.30. The van der Waals surface area contributed by atoms with Crippen LogP contribution in [0.25, 0.3) is 11.2 Å². The first-order chi connectivity index (χ1) is 11.3. The average molecular weight is 306 g/mol. The average Bonchev–Trinajstić information content (AvgIpc) is 3.15. The van der Waals surface area contributed by atoms with E-state index in [4.69, 9.17) is 0 Å². The number of H-pyrrole nitrogens is 1. The van der Waals surface area contributed by atoms with Crippen LogP contribution in [0.2, 0.25) is 0 Å². The summed E-state index contributed by atoms with van der Waals surface area (Å²) >= 11 is 0. The van der Waals surface area contributed by atoms with Crippen LogP contribution in [0, 0.1) is 6.92 Å². The lowest BCUT2D eigenvalue weighted by molar-refractivity contribution is 0.702. The molecule has 0 aliphatic rings. The molecule has 0 aromatic carbocycles. The molecule has 2 N–H and O–H groups in total. The van der Waals surface area contributed by atoms with E-state index in [2.05, 4.69) is 35.6 Å². The largest absolute Gasteiger partial charge is 0.322 e. The molecule has 114 valence electrons. The summed E-state index contributed by atoms with van der Waals surface area (Å²) in [6.07, 6.45) is 6.94. The maximum atomic E-state index is 4.59. The van der Waals surface area contributed by atoms with Crippen LogP contribution in [0.15, 0.2) is 43.0 Å². The maximum absolute atomic E-state index is 4.59. The highest BCUT2D eigenvalue weighted by atomic mass is 15.3. The first-order valence-electron chi connectivity index (χ1n) is 7.14. The number of aromatic nitrogens is 7. The number of rotatable bonds is 4. The molecule has 8 nitrogen and oxygen atoms in total. The SMILES string of the molecule is Cc1cc(Nc2cnc3cnn(Cc4cccnc4)c3n2)n[nH]1. The first-order valence-corrected chi connectivity index (χ1v) is 7.14. The predicted octanol–water partition coefficient (Wildman–Crippen LogP) is 2.04. The van der Waals surface area contributed by atoms with Crippen molar-refractivity contribution in [1.29, 1.82) is 0 Å². The lowest BCUT2D eigenvalue weighted by atomic mass is 10.3. The third kappa shape index (κ3) is 2.73. The number of nitrogens with zero attached hydrogens (tertiary/aromatic N) is 6. The zero-order chi connectivity index (χ0) is 15.6. The van der Waals surface area contributed by atoms with E-state index < -0.39 is 0 Å². The van der Waals surface area contributed by atoms with Crippen LogP contribution in [-0.2, 0) is 6.54 Å². The Morgan fingerprint density at radius 1 is 1.22 bits per heavy atom. The van der Waals surface area contributed by atoms with Crippen LogP contribution in [0.4, 0.5) is 11.6 Å².